The first-order valence-corrected chi connectivity index (χ1v) is 9.66. The number of piperazine rings is 1. The maximum atomic E-state index is 4.43. The second-order valence-electron chi connectivity index (χ2n) is 7.36. The molecular formula is C20H31N7. The van der Waals surface area contributed by atoms with Gasteiger partial charge >= 0.3 is 0 Å². The van der Waals surface area contributed by atoms with Gasteiger partial charge in [-0.25, -0.2) is 4.98 Å². The summed E-state index contributed by atoms with van der Waals surface area (Å²) >= 11 is 0. The third kappa shape index (κ3) is 5.07. The van der Waals surface area contributed by atoms with Crippen molar-refractivity contribution in [3.8, 4) is 0 Å². The number of benzene rings is 1. The highest BCUT2D eigenvalue weighted by Gasteiger charge is 2.20. The number of hydrogen-bond acceptors (Lipinski definition) is 4. The topological polar surface area (TPSA) is 61.6 Å². The maximum absolute atomic E-state index is 4.43. The van der Waals surface area contributed by atoms with Crippen LogP contribution in [-0.4, -0.2) is 63.8 Å². The molecule has 2 heterocycles. The number of aryl methyl sites for hydroxylation is 1. The van der Waals surface area contributed by atoms with E-state index in [0.29, 0.717) is 12.5 Å². The normalized spacial score (nSPS) is 16.2. The van der Waals surface area contributed by atoms with Crippen LogP contribution < -0.4 is 5.32 Å². The van der Waals surface area contributed by atoms with E-state index in [2.05, 4.69) is 68.3 Å². The summed E-state index contributed by atoms with van der Waals surface area (Å²) in [4.78, 5) is 13.5. The molecule has 1 aromatic carbocycles. The fourth-order valence-corrected chi connectivity index (χ4v) is 3.35. The minimum Gasteiger partial charge on any atom is -0.349 e. The van der Waals surface area contributed by atoms with E-state index in [-0.39, 0.29) is 0 Å². The Labute approximate surface area is 162 Å². The molecule has 1 aliphatic rings. The summed E-state index contributed by atoms with van der Waals surface area (Å²) in [5.74, 6) is 2.42. The lowest BCUT2D eigenvalue weighted by molar-refractivity contribution is 0.172. The van der Waals surface area contributed by atoms with Crippen LogP contribution in [0.15, 0.2) is 35.6 Å². The smallest absolute Gasteiger partial charge is 0.194 e. The molecule has 0 radical (unpaired) electrons. The molecule has 2 aromatic rings. The van der Waals surface area contributed by atoms with Crippen LogP contribution in [0.5, 0.6) is 0 Å². The Kier molecular flexibility index (Phi) is 6.45. The first kappa shape index (κ1) is 19.4. The summed E-state index contributed by atoms with van der Waals surface area (Å²) in [6, 6.07) is 9.05. The summed E-state index contributed by atoms with van der Waals surface area (Å²) in [6.45, 7) is 10.1. The summed E-state index contributed by atoms with van der Waals surface area (Å²) in [5.41, 5.74) is 2.79. The van der Waals surface area contributed by atoms with E-state index in [4.69, 9.17) is 0 Å². The van der Waals surface area contributed by atoms with Crippen molar-refractivity contribution in [3.05, 3.63) is 47.5 Å². The molecule has 1 aliphatic heterocycles. The third-order valence-electron chi connectivity index (χ3n) is 5.15. The lowest BCUT2D eigenvalue weighted by Gasteiger charge is -2.36. The van der Waals surface area contributed by atoms with Crippen LogP contribution >= 0.6 is 0 Å². The van der Waals surface area contributed by atoms with E-state index < -0.39 is 0 Å². The van der Waals surface area contributed by atoms with Gasteiger partial charge in [0.2, 0.25) is 0 Å². The molecule has 27 heavy (non-hydrogen) atoms. The Morgan fingerprint density at radius 1 is 1.15 bits per heavy atom. The minimum atomic E-state index is 0.586. The first-order valence-electron chi connectivity index (χ1n) is 9.66. The SMILES string of the molecule is CN=C(NCc1ncnn1C)N1CCN(Cc2ccc(C(C)C)cc2)CC1. The molecule has 0 saturated carbocycles. The van der Waals surface area contributed by atoms with Crippen molar-refractivity contribution in [2.45, 2.75) is 32.9 Å². The molecule has 1 N–H and O–H groups in total. The molecule has 0 amide bonds. The zero-order valence-electron chi connectivity index (χ0n) is 16.9. The van der Waals surface area contributed by atoms with Crippen LogP contribution in [-0.2, 0) is 20.1 Å². The van der Waals surface area contributed by atoms with Gasteiger partial charge in [0.1, 0.15) is 12.2 Å². The molecule has 0 bridgehead atoms. The summed E-state index contributed by atoms with van der Waals surface area (Å²) in [7, 11) is 3.74. The molecule has 0 spiro atoms. The molecule has 146 valence electrons. The monoisotopic (exact) mass is 369 g/mol. The van der Waals surface area contributed by atoms with E-state index in [1.807, 2.05) is 14.1 Å². The van der Waals surface area contributed by atoms with Gasteiger partial charge in [0.15, 0.2) is 5.96 Å². The number of guanidine groups is 1. The molecule has 0 aliphatic carbocycles. The van der Waals surface area contributed by atoms with E-state index >= 15 is 0 Å². The summed E-state index contributed by atoms with van der Waals surface area (Å²) in [6.07, 6.45) is 1.58. The second kappa shape index (κ2) is 8.99. The highest BCUT2D eigenvalue weighted by molar-refractivity contribution is 5.79. The van der Waals surface area contributed by atoms with Gasteiger partial charge in [0.25, 0.3) is 0 Å². The van der Waals surface area contributed by atoms with Crippen molar-refractivity contribution in [1.29, 1.82) is 0 Å². The Morgan fingerprint density at radius 2 is 1.85 bits per heavy atom. The fraction of sp³-hybridized carbons (Fsp3) is 0.550. The molecule has 0 unspecified atom stereocenters. The zero-order valence-corrected chi connectivity index (χ0v) is 16.9. The average Bonchev–Trinajstić information content (AvgIpc) is 3.09. The zero-order chi connectivity index (χ0) is 19.2. The Hall–Kier alpha value is -2.41. The first-order chi connectivity index (χ1) is 13.1. The number of aliphatic imine (C=N–C) groups is 1. The van der Waals surface area contributed by atoms with Crippen molar-refractivity contribution in [2.75, 3.05) is 33.2 Å². The van der Waals surface area contributed by atoms with Crippen LogP contribution in [0.4, 0.5) is 0 Å². The van der Waals surface area contributed by atoms with E-state index in [9.17, 15) is 0 Å². The van der Waals surface area contributed by atoms with Crippen LogP contribution in [0.25, 0.3) is 0 Å². The second-order valence-corrected chi connectivity index (χ2v) is 7.36. The van der Waals surface area contributed by atoms with Crippen molar-refractivity contribution in [3.63, 3.8) is 0 Å². The largest absolute Gasteiger partial charge is 0.349 e. The van der Waals surface area contributed by atoms with Crippen LogP contribution in [0.1, 0.15) is 36.7 Å². The van der Waals surface area contributed by atoms with Crippen molar-refractivity contribution in [2.24, 2.45) is 12.0 Å². The molecule has 7 heteroatoms. The van der Waals surface area contributed by atoms with Crippen LogP contribution in [0.2, 0.25) is 0 Å². The number of nitrogens with zero attached hydrogens (tertiary/aromatic N) is 6. The predicted molar refractivity (Wildman–Crippen MR) is 109 cm³/mol. The van der Waals surface area contributed by atoms with E-state index in [1.165, 1.54) is 11.1 Å². The number of hydrogen-bond donors (Lipinski definition) is 1. The number of rotatable bonds is 5. The lowest BCUT2D eigenvalue weighted by atomic mass is 10.0. The minimum absolute atomic E-state index is 0.586. The van der Waals surface area contributed by atoms with Crippen LogP contribution in [0, 0.1) is 0 Å². The van der Waals surface area contributed by atoms with E-state index in [1.54, 1.807) is 11.0 Å². The van der Waals surface area contributed by atoms with Gasteiger partial charge in [-0.15, -0.1) is 0 Å². The third-order valence-corrected chi connectivity index (χ3v) is 5.15. The fourth-order valence-electron chi connectivity index (χ4n) is 3.35. The molecule has 7 nitrogen and oxygen atoms in total. The average molecular weight is 370 g/mol. The van der Waals surface area contributed by atoms with Crippen molar-refractivity contribution >= 4 is 5.96 Å². The Balaban J connectivity index is 1.48. The van der Waals surface area contributed by atoms with Gasteiger partial charge in [-0.1, -0.05) is 38.1 Å². The molecular weight excluding hydrogens is 338 g/mol. The van der Waals surface area contributed by atoms with E-state index in [0.717, 1.165) is 44.5 Å². The van der Waals surface area contributed by atoms with Crippen molar-refractivity contribution in [1.82, 2.24) is 29.9 Å². The van der Waals surface area contributed by atoms with Crippen LogP contribution in [0.3, 0.4) is 0 Å². The van der Waals surface area contributed by atoms with Gasteiger partial charge in [-0.05, 0) is 17.0 Å². The lowest BCUT2D eigenvalue weighted by Crippen LogP contribution is -2.52. The van der Waals surface area contributed by atoms with Gasteiger partial charge < -0.3 is 10.2 Å². The van der Waals surface area contributed by atoms with Gasteiger partial charge in [-0.3, -0.25) is 14.6 Å². The molecule has 3 rings (SSSR count). The predicted octanol–water partition coefficient (Wildman–Crippen LogP) is 1.83. The quantitative estimate of drug-likeness (QED) is 0.644. The van der Waals surface area contributed by atoms with Gasteiger partial charge in [-0.2, -0.15) is 5.10 Å². The number of aromatic nitrogens is 3. The Morgan fingerprint density at radius 3 is 2.41 bits per heavy atom. The molecule has 1 fully saturated rings. The standard InChI is InChI=1S/C20H31N7/c1-16(2)18-7-5-17(6-8-18)14-26-9-11-27(12-10-26)20(21-3)22-13-19-23-15-24-25(19)4/h5-8,15-16H,9-14H2,1-4H3,(H,21,22). The molecule has 1 saturated heterocycles. The summed E-state index contributed by atoms with van der Waals surface area (Å²) in [5, 5.41) is 7.50. The highest BCUT2D eigenvalue weighted by Crippen LogP contribution is 2.16. The summed E-state index contributed by atoms with van der Waals surface area (Å²) < 4.78 is 1.78. The molecule has 1 aromatic heterocycles. The van der Waals surface area contributed by atoms with Crippen molar-refractivity contribution < 1.29 is 0 Å². The Bertz CT molecular complexity index is 740. The van der Waals surface area contributed by atoms with Gasteiger partial charge in [0.05, 0.1) is 6.54 Å². The highest BCUT2D eigenvalue weighted by atomic mass is 15.4. The molecule has 0 atom stereocenters. The van der Waals surface area contributed by atoms with Gasteiger partial charge in [0, 0.05) is 46.8 Å². The maximum Gasteiger partial charge on any atom is 0.194 e. The number of nitrogens with one attached hydrogen (secondary N) is 1.